The van der Waals surface area contributed by atoms with Crippen LogP contribution < -0.4 is 10.5 Å². The lowest BCUT2D eigenvalue weighted by Gasteiger charge is -2.20. The minimum absolute atomic E-state index is 0.124. The third kappa shape index (κ3) is 4.61. The smallest absolute Gasteiger partial charge is 0.322 e. The van der Waals surface area contributed by atoms with Crippen LogP contribution in [0, 0.1) is 0 Å². The summed E-state index contributed by atoms with van der Waals surface area (Å²) in [6.45, 7) is 1.72. The van der Waals surface area contributed by atoms with Gasteiger partial charge in [-0.05, 0) is 24.6 Å². The zero-order valence-electron chi connectivity index (χ0n) is 11.9. The molecule has 2 atom stereocenters. The number of carbonyl (C=O) groups excluding carboxylic acids is 1. The second-order valence-electron chi connectivity index (χ2n) is 4.75. The molecule has 0 amide bonds. The fraction of sp³-hybridized carbons (Fsp3) is 0.235. The largest absolute Gasteiger partial charge is 0.482 e. The van der Waals surface area contributed by atoms with Gasteiger partial charge in [0.15, 0.2) is 6.10 Å². The number of carbonyl (C=O) groups is 1. The maximum absolute atomic E-state index is 11.5. The van der Waals surface area contributed by atoms with E-state index < -0.39 is 12.0 Å². The average molecular weight is 285 g/mol. The Kier molecular flexibility index (Phi) is 5.35. The van der Waals surface area contributed by atoms with Crippen molar-refractivity contribution < 1.29 is 14.3 Å². The molecular formula is C17H19NO3. The van der Waals surface area contributed by atoms with Crippen molar-refractivity contribution in [2.45, 2.75) is 19.1 Å². The summed E-state index contributed by atoms with van der Waals surface area (Å²) in [5.74, 6) is 0.288. The van der Waals surface area contributed by atoms with Crippen LogP contribution in [0.5, 0.6) is 5.75 Å². The Labute approximate surface area is 124 Å². The molecule has 0 aliphatic rings. The zero-order chi connectivity index (χ0) is 15.1. The summed E-state index contributed by atoms with van der Waals surface area (Å²) < 4.78 is 11.1. The van der Waals surface area contributed by atoms with E-state index >= 15 is 0 Å². The third-order valence-corrected chi connectivity index (χ3v) is 2.94. The normalized spacial score (nSPS) is 13.2. The van der Waals surface area contributed by atoms with Crippen molar-refractivity contribution in [2.24, 2.45) is 5.73 Å². The molecule has 0 saturated carbocycles. The van der Waals surface area contributed by atoms with Gasteiger partial charge in [-0.2, -0.15) is 0 Å². The van der Waals surface area contributed by atoms with Crippen LogP contribution >= 0.6 is 0 Å². The third-order valence-electron chi connectivity index (χ3n) is 2.94. The van der Waals surface area contributed by atoms with Gasteiger partial charge in [0.1, 0.15) is 18.4 Å². The van der Waals surface area contributed by atoms with E-state index in [0.29, 0.717) is 0 Å². The molecule has 0 aliphatic heterocycles. The number of rotatable bonds is 6. The molecule has 0 aliphatic carbocycles. The molecule has 4 heteroatoms. The molecule has 2 rings (SSSR count). The van der Waals surface area contributed by atoms with E-state index in [0.717, 1.165) is 11.3 Å². The highest BCUT2D eigenvalue weighted by molar-refractivity contribution is 5.74. The van der Waals surface area contributed by atoms with Crippen LogP contribution in [0.1, 0.15) is 18.6 Å². The molecule has 0 saturated heterocycles. The maximum Gasteiger partial charge on any atom is 0.322 e. The summed E-state index contributed by atoms with van der Waals surface area (Å²) in [6.07, 6.45) is -0.365. The van der Waals surface area contributed by atoms with Crippen LogP contribution in [0.25, 0.3) is 0 Å². The van der Waals surface area contributed by atoms with E-state index in [9.17, 15) is 4.79 Å². The summed E-state index contributed by atoms with van der Waals surface area (Å²) in [5, 5.41) is 0. The van der Waals surface area contributed by atoms with Crippen LogP contribution in [0.4, 0.5) is 0 Å². The van der Waals surface area contributed by atoms with Gasteiger partial charge in [-0.1, -0.05) is 48.5 Å². The molecule has 2 aromatic carbocycles. The number of benzene rings is 2. The Bertz CT molecular complexity index is 555. The first-order valence-corrected chi connectivity index (χ1v) is 6.85. The first kappa shape index (κ1) is 15.1. The van der Waals surface area contributed by atoms with Crippen molar-refractivity contribution in [2.75, 3.05) is 6.61 Å². The molecule has 2 N–H and O–H groups in total. The summed E-state index contributed by atoms with van der Waals surface area (Å²) in [5.41, 5.74) is 6.44. The highest BCUT2D eigenvalue weighted by Gasteiger charge is 2.17. The van der Waals surface area contributed by atoms with Gasteiger partial charge >= 0.3 is 5.97 Å². The lowest BCUT2D eigenvalue weighted by molar-refractivity contribution is -0.147. The topological polar surface area (TPSA) is 61.6 Å². The van der Waals surface area contributed by atoms with Crippen molar-refractivity contribution in [1.29, 1.82) is 0 Å². The Hall–Kier alpha value is -2.33. The van der Waals surface area contributed by atoms with Crippen LogP contribution in [-0.4, -0.2) is 18.6 Å². The minimum Gasteiger partial charge on any atom is -0.482 e. The highest BCUT2D eigenvalue weighted by atomic mass is 16.6. The summed E-state index contributed by atoms with van der Waals surface area (Å²) >= 11 is 0. The predicted molar refractivity (Wildman–Crippen MR) is 80.9 cm³/mol. The average Bonchev–Trinajstić information content (AvgIpc) is 2.52. The Morgan fingerprint density at radius 2 is 1.62 bits per heavy atom. The van der Waals surface area contributed by atoms with Crippen LogP contribution in [0.15, 0.2) is 60.7 Å². The van der Waals surface area contributed by atoms with E-state index in [2.05, 4.69) is 0 Å². The number of para-hydroxylation sites is 1. The molecule has 1 unspecified atom stereocenters. The van der Waals surface area contributed by atoms with Crippen molar-refractivity contribution in [3.63, 3.8) is 0 Å². The molecule has 110 valence electrons. The van der Waals surface area contributed by atoms with Crippen LogP contribution in [0.2, 0.25) is 0 Å². The Balaban J connectivity index is 2.09. The van der Waals surface area contributed by atoms with E-state index in [1.54, 1.807) is 6.92 Å². The second kappa shape index (κ2) is 7.45. The van der Waals surface area contributed by atoms with Gasteiger partial charge in [-0.3, -0.25) is 4.79 Å². The number of esters is 1. The molecule has 0 spiro atoms. The number of hydrogen-bond acceptors (Lipinski definition) is 4. The summed E-state index contributed by atoms with van der Waals surface area (Å²) in [7, 11) is 0. The van der Waals surface area contributed by atoms with E-state index in [1.807, 2.05) is 60.7 Å². The Morgan fingerprint density at radius 3 is 2.19 bits per heavy atom. The van der Waals surface area contributed by atoms with Gasteiger partial charge in [-0.15, -0.1) is 0 Å². The summed E-state index contributed by atoms with van der Waals surface area (Å²) in [6, 6.07) is 18.4. The fourth-order valence-electron chi connectivity index (χ4n) is 1.82. The lowest BCUT2D eigenvalue weighted by atomic mass is 10.1. The minimum atomic E-state index is -0.641. The molecule has 0 heterocycles. The first-order chi connectivity index (χ1) is 10.2. The number of hydrogen-bond donors (Lipinski definition) is 1. The lowest BCUT2D eigenvalue weighted by Crippen LogP contribution is -2.30. The summed E-state index contributed by atoms with van der Waals surface area (Å²) in [4.78, 5) is 11.5. The molecule has 0 aromatic heterocycles. The molecule has 0 bridgehead atoms. The van der Waals surface area contributed by atoms with Crippen LogP contribution in [-0.2, 0) is 9.53 Å². The van der Waals surface area contributed by atoms with Gasteiger partial charge in [0, 0.05) is 0 Å². The van der Waals surface area contributed by atoms with Crippen molar-refractivity contribution in [1.82, 2.24) is 0 Å². The maximum atomic E-state index is 11.5. The predicted octanol–water partition coefficient (Wildman–Crippen LogP) is 2.70. The molecular weight excluding hydrogens is 266 g/mol. The fourth-order valence-corrected chi connectivity index (χ4v) is 1.82. The Morgan fingerprint density at radius 1 is 1.05 bits per heavy atom. The van der Waals surface area contributed by atoms with Gasteiger partial charge in [0.25, 0.3) is 0 Å². The molecule has 0 fully saturated rings. The number of ether oxygens (including phenoxy) is 2. The van der Waals surface area contributed by atoms with Crippen molar-refractivity contribution >= 4 is 5.97 Å². The van der Waals surface area contributed by atoms with Crippen molar-refractivity contribution in [3.05, 3.63) is 66.2 Å². The van der Waals surface area contributed by atoms with Gasteiger partial charge < -0.3 is 15.2 Å². The monoisotopic (exact) mass is 285 g/mol. The van der Waals surface area contributed by atoms with Crippen LogP contribution in [0.3, 0.4) is 0 Å². The zero-order valence-corrected chi connectivity index (χ0v) is 11.9. The van der Waals surface area contributed by atoms with Gasteiger partial charge in [0.2, 0.25) is 0 Å². The standard InChI is InChI=1S/C17H19NO3/c1-13(18)17(19)20-12-16(14-8-4-2-5-9-14)21-15-10-6-3-7-11-15/h2-11,13,16H,12,18H2,1H3/t13-,16?/m0/s1. The SMILES string of the molecule is C[C@H](N)C(=O)OCC(Oc1ccccc1)c1ccccc1. The van der Waals surface area contributed by atoms with Crippen molar-refractivity contribution in [3.8, 4) is 5.75 Å². The van der Waals surface area contributed by atoms with Gasteiger partial charge in [-0.25, -0.2) is 0 Å². The second-order valence-corrected chi connectivity index (χ2v) is 4.75. The quantitative estimate of drug-likeness (QED) is 0.829. The molecule has 0 radical (unpaired) electrons. The van der Waals surface area contributed by atoms with E-state index in [4.69, 9.17) is 15.2 Å². The van der Waals surface area contributed by atoms with Gasteiger partial charge in [0.05, 0.1) is 0 Å². The first-order valence-electron chi connectivity index (χ1n) is 6.85. The molecule has 4 nitrogen and oxygen atoms in total. The molecule has 21 heavy (non-hydrogen) atoms. The number of nitrogens with two attached hydrogens (primary N) is 1. The molecule has 2 aromatic rings. The highest BCUT2D eigenvalue weighted by Crippen LogP contribution is 2.22. The van der Waals surface area contributed by atoms with E-state index in [-0.39, 0.29) is 12.7 Å². The van der Waals surface area contributed by atoms with E-state index in [1.165, 1.54) is 0 Å².